The summed E-state index contributed by atoms with van der Waals surface area (Å²) in [4.78, 5) is 24.8. The molecule has 0 saturated heterocycles. The molecule has 0 bridgehead atoms. The lowest BCUT2D eigenvalue weighted by Gasteiger charge is -2.15. The average Bonchev–Trinajstić information content (AvgIpc) is 2.74. The van der Waals surface area contributed by atoms with Crippen molar-refractivity contribution in [2.45, 2.75) is 47.5 Å². The van der Waals surface area contributed by atoms with Crippen molar-refractivity contribution in [3.05, 3.63) is 58.9 Å². The summed E-state index contributed by atoms with van der Waals surface area (Å²) in [5.41, 5.74) is 1.01. The van der Waals surface area contributed by atoms with Gasteiger partial charge in [0.25, 0.3) is 0 Å². The van der Waals surface area contributed by atoms with Crippen molar-refractivity contribution < 1.29 is 28.2 Å². The smallest absolute Gasteiger partial charge is 0.306 e. The molecule has 174 valence electrons. The number of halogens is 1. The molecule has 2 rings (SSSR count). The molecule has 5 nitrogen and oxygen atoms in total. The van der Waals surface area contributed by atoms with Crippen molar-refractivity contribution in [2.24, 2.45) is 11.8 Å². The van der Waals surface area contributed by atoms with Gasteiger partial charge in [-0.05, 0) is 61.1 Å². The van der Waals surface area contributed by atoms with E-state index in [4.69, 9.17) is 14.2 Å². The molecular formula is C26H33FO5. The molecule has 0 saturated carbocycles. The van der Waals surface area contributed by atoms with Crippen LogP contribution in [-0.2, 0) is 16.0 Å². The second kappa shape index (κ2) is 12.2. The van der Waals surface area contributed by atoms with Crippen molar-refractivity contribution in [1.82, 2.24) is 0 Å². The lowest BCUT2D eigenvalue weighted by atomic mass is 9.98. The third-order valence-electron chi connectivity index (χ3n) is 4.57. The molecule has 0 N–H and O–H groups in total. The maximum Gasteiger partial charge on any atom is 0.306 e. The lowest BCUT2D eigenvalue weighted by Crippen LogP contribution is -2.11. The topological polar surface area (TPSA) is 61.8 Å². The Morgan fingerprint density at radius 2 is 1.62 bits per heavy atom. The van der Waals surface area contributed by atoms with Crippen molar-refractivity contribution in [3.8, 4) is 11.5 Å². The molecule has 0 atom stereocenters. The molecule has 0 amide bonds. The summed E-state index contributed by atoms with van der Waals surface area (Å²) in [6.07, 6.45) is 0.525. The fourth-order valence-electron chi connectivity index (χ4n) is 2.97. The number of hydrogen-bond acceptors (Lipinski definition) is 5. The molecule has 0 radical (unpaired) electrons. The molecule has 6 heteroatoms. The van der Waals surface area contributed by atoms with Crippen molar-refractivity contribution in [2.75, 3.05) is 19.8 Å². The van der Waals surface area contributed by atoms with E-state index in [0.717, 1.165) is 0 Å². The van der Waals surface area contributed by atoms with Gasteiger partial charge < -0.3 is 14.2 Å². The monoisotopic (exact) mass is 444 g/mol. The van der Waals surface area contributed by atoms with Crippen LogP contribution in [0.3, 0.4) is 0 Å². The Labute approximate surface area is 189 Å². The first-order valence-corrected chi connectivity index (χ1v) is 11.1. The van der Waals surface area contributed by atoms with E-state index in [1.54, 1.807) is 31.2 Å². The number of ketones is 1. The second-order valence-corrected chi connectivity index (χ2v) is 8.51. The van der Waals surface area contributed by atoms with Gasteiger partial charge in [-0.25, -0.2) is 4.39 Å². The Bertz CT molecular complexity index is 920. The highest BCUT2D eigenvalue weighted by Crippen LogP contribution is 2.26. The van der Waals surface area contributed by atoms with Gasteiger partial charge in [-0.2, -0.15) is 0 Å². The van der Waals surface area contributed by atoms with E-state index >= 15 is 0 Å². The van der Waals surface area contributed by atoms with Crippen molar-refractivity contribution in [3.63, 3.8) is 0 Å². The quantitative estimate of drug-likeness (QED) is 0.314. The van der Waals surface area contributed by atoms with Crippen LogP contribution < -0.4 is 9.47 Å². The van der Waals surface area contributed by atoms with Gasteiger partial charge in [0.15, 0.2) is 5.78 Å². The number of carbonyl (C=O) groups is 2. The van der Waals surface area contributed by atoms with Gasteiger partial charge in [0, 0.05) is 18.1 Å². The first-order chi connectivity index (χ1) is 15.2. The molecule has 2 aromatic rings. The van der Waals surface area contributed by atoms with Crippen molar-refractivity contribution in [1.29, 1.82) is 0 Å². The predicted molar refractivity (Wildman–Crippen MR) is 122 cm³/mol. The van der Waals surface area contributed by atoms with Gasteiger partial charge >= 0.3 is 5.97 Å². The molecule has 0 aliphatic carbocycles. The number of hydrogen-bond donors (Lipinski definition) is 0. The van der Waals surface area contributed by atoms with Crippen LogP contribution in [0.5, 0.6) is 11.5 Å². The SMILES string of the molecule is CCOC(=O)CCc1cc(C(=O)c2ccc(OCC(C)C)cc2F)ccc1OCC(C)C. The molecule has 0 aromatic heterocycles. The number of rotatable bonds is 12. The maximum absolute atomic E-state index is 14.7. The van der Waals surface area contributed by atoms with Crippen LogP contribution in [0.4, 0.5) is 4.39 Å². The van der Waals surface area contributed by atoms with E-state index in [-0.39, 0.29) is 18.0 Å². The normalized spacial score (nSPS) is 11.0. The highest BCUT2D eigenvalue weighted by molar-refractivity contribution is 6.09. The van der Waals surface area contributed by atoms with Crippen LogP contribution in [0.2, 0.25) is 0 Å². The standard InChI is InChI=1S/C26H33FO5/c1-6-30-25(28)12-8-19-13-20(7-11-24(19)32-16-18(4)5)26(29)22-10-9-21(14-23(22)27)31-15-17(2)3/h7,9-11,13-14,17-18H,6,8,12,15-16H2,1-5H3. The summed E-state index contributed by atoms with van der Waals surface area (Å²) in [6, 6.07) is 9.26. The van der Waals surface area contributed by atoms with Gasteiger partial charge in [-0.1, -0.05) is 27.7 Å². The zero-order valence-electron chi connectivity index (χ0n) is 19.6. The average molecular weight is 445 g/mol. The lowest BCUT2D eigenvalue weighted by molar-refractivity contribution is -0.143. The van der Waals surface area contributed by atoms with Gasteiger partial charge in [0.05, 0.1) is 25.4 Å². The Morgan fingerprint density at radius 3 is 2.25 bits per heavy atom. The van der Waals surface area contributed by atoms with Crippen LogP contribution in [0.25, 0.3) is 0 Å². The Hall–Kier alpha value is -2.89. The zero-order valence-corrected chi connectivity index (χ0v) is 19.6. The predicted octanol–water partition coefficient (Wildman–Crippen LogP) is 5.62. The van der Waals surface area contributed by atoms with E-state index in [0.29, 0.717) is 60.7 Å². The number of ether oxygens (including phenoxy) is 3. The van der Waals surface area contributed by atoms with Gasteiger partial charge in [-0.15, -0.1) is 0 Å². The Kier molecular flexibility index (Phi) is 9.69. The van der Waals surface area contributed by atoms with E-state index in [1.807, 2.05) is 27.7 Å². The van der Waals surface area contributed by atoms with Gasteiger partial charge in [0.1, 0.15) is 17.3 Å². The molecule has 0 heterocycles. The van der Waals surface area contributed by atoms with Crippen LogP contribution in [0.1, 0.15) is 62.5 Å². The fraction of sp³-hybridized carbons (Fsp3) is 0.462. The molecule has 32 heavy (non-hydrogen) atoms. The molecule has 0 aliphatic rings. The summed E-state index contributed by atoms with van der Waals surface area (Å²) in [5, 5.41) is 0. The fourth-order valence-corrected chi connectivity index (χ4v) is 2.97. The summed E-state index contributed by atoms with van der Waals surface area (Å²) < 4.78 is 31.0. The third-order valence-corrected chi connectivity index (χ3v) is 4.57. The highest BCUT2D eigenvalue weighted by Gasteiger charge is 2.18. The third kappa shape index (κ3) is 7.66. The summed E-state index contributed by atoms with van der Waals surface area (Å²) >= 11 is 0. The van der Waals surface area contributed by atoms with E-state index in [9.17, 15) is 14.0 Å². The van der Waals surface area contributed by atoms with Crippen LogP contribution >= 0.6 is 0 Å². The first kappa shape index (κ1) is 25.4. The Morgan fingerprint density at radius 1 is 0.938 bits per heavy atom. The summed E-state index contributed by atoms with van der Waals surface area (Å²) in [6.45, 7) is 11.1. The van der Waals surface area contributed by atoms with E-state index < -0.39 is 11.6 Å². The summed E-state index contributed by atoms with van der Waals surface area (Å²) in [7, 11) is 0. The number of benzene rings is 2. The minimum atomic E-state index is -0.635. The molecule has 0 spiro atoms. The Balaban J connectivity index is 2.26. The highest BCUT2D eigenvalue weighted by atomic mass is 19.1. The van der Waals surface area contributed by atoms with Crippen LogP contribution in [-0.4, -0.2) is 31.6 Å². The number of aryl methyl sites for hydroxylation is 1. The molecule has 2 aromatic carbocycles. The van der Waals surface area contributed by atoms with Gasteiger partial charge in [-0.3, -0.25) is 9.59 Å². The van der Waals surface area contributed by atoms with Crippen LogP contribution in [0, 0.1) is 17.7 Å². The minimum absolute atomic E-state index is 0.0333. The van der Waals surface area contributed by atoms with E-state index in [1.165, 1.54) is 12.1 Å². The summed E-state index contributed by atoms with van der Waals surface area (Å²) in [5.74, 6) is 0.235. The number of esters is 1. The minimum Gasteiger partial charge on any atom is -0.493 e. The molecule has 0 unspecified atom stereocenters. The van der Waals surface area contributed by atoms with Crippen LogP contribution in [0.15, 0.2) is 36.4 Å². The van der Waals surface area contributed by atoms with Gasteiger partial charge in [0.2, 0.25) is 0 Å². The van der Waals surface area contributed by atoms with E-state index in [2.05, 4.69) is 0 Å². The maximum atomic E-state index is 14.7. The number of carbonyl (C=O) groups excluding carboxylic acids is 2. The first-order valence-electron chi connectivity index (χ1n) is 11.1. The van der Waals surface area contributed by atoms with Crippen molar-refractivity contribution >= 4 is 11.8 Å². The second-order valence-electron chi connectivity index (χ2n) is 8.51. The zero-order chi connectivity index (χ0) is 23.7. The molecule has 0 aliphatic heterocycles. The largest absolute Gasteiger partial charge is 0.493 e. The molecule has 0 fully saturated rings. The molecular weight excluding hydrogens is 411 g/mol.